The number of carbonyl (C=O) groups is 1. The highest BCUT2D eigenvalue weighted by atomic mass is 16.6. The Morgan fingerprint density at radius 1 is 1.44 bits per heavy atom. The number of nitrogens with zero attached hydrogens (tertiary/aromatic N) is 1. The summed E-state index contributed by atoms with van der Waals surface area (Å²) in [6.07, 6.45) is 0.366. The number of nitro groups is 1. The summed E-state index contributed by atoms with van der Waals surface area (Å²) in [4.78, 5) is 20.3. The molecule has 0 unspecified atom stereocenters. The van der Waals surface area contributed by atoms with E-state index in [0.29, 0.717) is 12.2 Å². The minimum atomic E-state index is -0.894. The fourth-order valence-corrected chi connectivity index (χ4v) is 1.29. The molecule has 0 spiro atoms. The van der Waals surface area contributed by atoms with Crippen LogP contribution in [0.1, 0.15) is 12.8 Å². The second-order valence-corrected chi connectivity index (χ2v) is 3.44. The minimum Gasteiger partial charge on any atom is -0.493 e. The lowest BCUT2D eigenvalue weighted by atomic mass is 10.3. The molecule has 0 aliphatic carbocycles. The van der Waals surface area contributed by atoms with Gasteiger partial charge in [-0.15, -0.1) is 0 Å². The number of ether oxygens (including phenoxy) is 2. The van der Waals surface area contributed by atoms with E-state index in [1.165, 1.54) is 25.3 Å². The quantitative estimate of drug-likeness (QED) is 0.453. The molecule has 0 saturated carbocycles. The van der Waals surface area contributed by atoms with Gasteiger partial charge in [-0.3, -0.25) is 14.9 Å². The van der Waals surface area contributed by atoms with E-state index in [4.69, 9.17) is 14.6 Å². The number of methoxy groups -OCH3 is 1. The van der Waals surface area contributed by atoms with E-state index in [1.54, 1.807) is 0 Å². The fraction of sp³-hybridized carbons (Fsp3) is 0.364. The Balaban J connectivity index is 2.65. The second-order valence-electron chi connectivity index (χ2n) is 3.44. The van der Waals surface area contributed by atoms with Gasteiger partial charge in [0.25, 0.3) is 5.69 Å². The molecule has 0 aromatic heterocycles. The highest BCUT2D eigenvalue weighted by Gasteiger charge is 2.12. The monoisotopic (exact) mass is 255 g/mol. The summed E-state index contributed by atoms with van der Waals surface area (Å²) in [6.45, 7) is 0.209. The van der Waals surface area contributed by atoms with Crippen LogP contribution < -0.4 is 9.47 Å². The van der Waals surface area contributed by atoms with Crippen molar-refractivity contribution in [2.45, 2.75) is 12.8 Å². The summed E-state index contributed by atoms with van der Waals surface area (Å²) in [6, 6.07) is 3.99. The second kappa shape index (κ2) is 6.43. The molecule has 0 fully saturated rings. The normalized spacial score (nSPS) is 9.83. The number of rotatable bonds is 7. The number of benzene rings is 1. The molecule has 0 bridgehead atoms. The van der Waals surface area contributed by atoms with Crippen LogP contribution in [0.2, 0.25) is 0 Å². The van der Waals surface area contributed by atoms with Crippen molar-refractivity contribution in [1.29, 1.82) is 0 Å². The molecule has 1 rings (SSSR count). The number of hydrogen-bond donors (Lipinski definition) is 1. The first-order valence-electron chi connectivity index (χ1n) is 5.21. The van der Waals surface area contributed by atoms with Crippen LogP contribution in [0, 0.1) is 10.1 Å². The summed E-state index contributed by atoms with van der Waals surface area (Å²) in [7, 11) is 1.38. The van der Waals surface area contributed by atoms with Gasteiger partial charge in [0.2, 0.25) is 0 Å². The predicted molar refractivity (Wildman–Crippen MR) is 62.0 cm³/mol. The fourth-order valence-electron chi connectivity index (χ4n) is 1.29. The number of aliphatic carboxylic acids is 1. The van der Waals surface area contributed by atoms with Gasteiger partial charge in [-0.2, -0.15) is 0 Å². The standard InChI is InChI=1S/C11H13NO6/c1-17-10-7-8(12(15)16)4-5-9(10)18-6-2-3-11(13)14/h4-5,7H,2-3,6H2,1H3,(H,13,14). The molecule has 0 aliphatic rings. The third-order valence-electron chi connectivity index (χ3n) is 2.15. The number of hydrogen-bond acceptors (Lipinski definition) is 5. The van der Waals surface area contributed by atoms with Crippen LogP contribution in [0.4, 0.5) is 5.69 Å². The van der Waals surface area contributed by atoms with Gasteiger partial charge in [0, 0.05) is 12.5 Å². The minimum absolute atomic E-state index is 0.00922. The third-order valence-corrected chi connectivity index (χ3v) is 2.15. The van der Waals surface area contributed by atoms with Crippen molar-refractivity contribution in [3.8, 4) is 11.5 Å². The molecule has 0 amide bonds. The van der Waals surface area contributed by atoms with Crippen LogP contribution in [0.3, 0.4) is 0 Å². The van der Waals surface area contributed by atoms with Crippen LogP contribution in [-0.4, -0.2) is 29.7 Å². The van der Waals surface area contributed by atoms with Crippen LogP contribution in [0.25, 0.3) is 0 Å². The van der Waals surface area contributed by atoms with Crippen LogP contribution in [0.15, 0.2) is 18.2 Å². The topological polar surface area (TPSA) is 98.9 Å². The lowest BCUT2D eigenvalue weighted by Gasteiger charge is -2.09. The number of carboxylic acid groups (broad SMARTS) is 1. The van der Waals surface area contributed by atoms with Crippen molar-refractivity contribution >= 4 is 11.7 Å². The van der Waals surface area contributed by atoms with E-state index in [-0.39, 0.29) is 24.5 Å². The number of non-ortho nitro benzene ring substituents is 1. The van der Waals surface area contributed by atoms with Gasteiger partial charge >= 0.3 is 5.97 Å². The summed E-state index contributed by atoms with van der Waals surface area (Å²) >= 11 is 0. The zero-order chi connectivity index (χ0) is 13.5. The Morgan fingerprint density at radius 3 is 2.72 bits per heavy atom. The van der Waals surface area contributed by atoms with Crippen molar-refractivity contribution in [1.82, 2.24) is 0 Å². The SMILES string of the molecule is COc1cc([N+](=O)[O-])ccc1OCCCC(=O)O. The van der Waals surface area contributed by atoms with Gasteiger partial charge in [-0.25, -0.2) is 0 Å². The zero-order valence-corrected chi connectivity index (χ0v) is 9.79. The van der Waals surface area contributed by atoms with E-state index < -0.39 is 10.9 Å². The van der Waals surface area contributed by atoms with E-state index in [2.05, 4.69) is 0 Å². The highest BCUT2D eigenvalue weighted by molar-refractivity contribution is 5.66. The molecule has 7 heteroatoms. The van der Waals surface area contributed by atoms with Gasteiger partial charge in [0.15, 0.2) is 11.5 Å². The molecule has 1 N–H and O–H groups in total. The summed E-state index contributed by atoms with van der Waals surface area (Å²) in [5.74, 6) is -0.290. The Labute approximate surface area is 103 Å². The summed E-state index contributed by atoms with van der Waals surface area (Å²) in [5.41, 5.74) is -0.0928. The Morgan fingerprint density at radius 2 is 2.17 bits per heavy atom. The molecule has 1 aromatic carbocycles. The summed E-state index contributed by atoms with van der Waals surface area (Å²) in [5, 5.41) is 19.0. The molecule has 0 aliphatic heterocycles. The molecule has 0 atom stereocenters. The maximum Gasteiger partial charge on any atom is 0.303 e. The number of carboxylic acids is 1. The molecule has 0 heterocycles. The molecule has 0 saturated heterocycles. The van der Waals surface area contributed by atoms with Crippen LogP contribution in [0.5, 0.6) is 11.5 Å². The van der Waals surface area contributed by atoms with Gasteiger partial charge in [-0.1, -0.05) is 0 Å². The molecule has 7 nitrogen and oxygen atoms in total. The van der Waals surface area contributed by atoms with Crippen molar-refractivity contribution in [3.63, 3.8) is 0 Å². The lowest BCUT2D eigenvalue weighted by Crippen LogP contribution is -2.03. The first kappa shape index (κ1) is 13.8. The van der Waals surface area contributed by atoms with Crippen molar-refractivity contribution in [2.24, 2.45) is 0 Å². The third kappa shape index (κ3) is 3.93. The van der Waals surface area contributed by atoms with E-state index >= 15 is 0 Å². The van der Waals surface area contributed by atoms with Gasteiger partial charge < -0.3 is 14.6 Å². The molecule has 1 aromatic rings. The maximum atomic E-state index is 10.6. The molecule has 0 radical (unpaired) electrons. The molecule has 98 valence electrons. The first-order chi connectivity index (χ1) is 8.54. The highest BCUT2D eigenvalue weighted by Crippen LogP contribution is 2.31. The van der Waals surface area contributed by atoms with E-state index in [1.807, 2.05) is 0 Å². The first-order valence-corrected chi connectivity index (χ1v) is 5.21. The van der Waals surface area contributed by atoms with Crippen molar-refractivity contribution in [2.75, 3.05) is 13.7 Å². The van der Waals surface area contributed by atoms with E-state index in [9.17, 15) is 14.9 Å². The molecular weight excluding hydrogens is 242 g/mol. The van der Waals surface area contributed by atoms with Gasteiger partial charge in [-0.05, 0) is 12.5 Å². The largest absolute Gasteiger partial charge is 0.493 e. The van der Waals surface area contributed by atoms with Gasteiger partial charge in [0.05, 0.1) is 24.7 Å². The summed E-state index contributed by atoms with van der Waals surface area (Å²) < 4.78 is 10.3. The lowest BCUT2D eigenvalue weighted by molar-refractivity contribution is -0.385. The van der Waals surface area contributed by atoms with Crippen LogP contribution in [-0.2, 0) is 4.79 Å². The van der Waals surface area contributed by atoms with Crippen molar-refractivity contribution in [3.05, 3.63) is 28.3 Å². The zero-order valence-electron chi connectivity index (χ0n) is 9.79. The predicted octanol–water partition coefficient (Wildman–Crippen LogP) is 1.85. The number of nitro benzene ring substituents is 1. The molecule has 18 heavy (non-hydrogen) atoms. The Bertz CT molecular complexity index is 445. The average molecular weight is 255 g/mol. The van der Waals surface area contributed by atoms with Crippen molar-refractivity contribution < 1.29 is 24.3 Å². The van der Waals surface area contributed by atoms with E-state index in [0.717, 1.165) is 0 Å². The molecular formula is C11H13NO6. The maximum absolute atomic E-state index is 10.6. The smallest absolute Gasteiger partial charge is 0.303 e. The van der Waals surface area contributed by atoms with Crippen LogP contribution >= 0.6 is 0 Å². The Kier molecular flexibility index (Phi) is 4.91. The van der Waals surface area contributed by atoms with Gasteiger partial charge in [0.1, 0.15) is 0 Å². The average Bonchev–Trinajstić information content (AvgIpc) is 2.34. The Hall–Kier alpha value is -2.31.